The molecule has 6 nitrogen and oxygen atoms in total. The number of ketones is 1. The number of halogens is 1. The number of rotatable bonds is 4. The van der Waals surface area contributed by atoms with E-state index in [1.807, 2.05) is 54.6 Å². The Morgan fingerprint density at radius 3 is 2.45 bits per heavy atom. The van der Waals surface area contributed by atoms with Gasteiger partial charge in [-0.2, -0.15) is 0 Å². The maximum atomic E-state index is 13.2. The lowest BCUT2D eigenvalue weighted by atomic mass is 9.95. The van der Waals surface area contributed by atoms with E-state index >= 15 is 0 Å². The second-order valence-electron chi connectivity index (χ2n) is 7.83. The zero-order valence-electron chi connectivity index (χ0n) is 17.5. The lowest BCUT2D eigenvalue weighted by Gasteiger charge is -2.26. The van der Waals surface area contributed by atoms with E-state index in [-0.39, 0.29) is 17.9 Å². The summed E-state index contributed by atoms with van der Waals surface area (Å²) in [5.41, 5.74) is 2.04. The SMILES string of the molecule is O=C1C(=O)N(Cc2ccccc2)C(c2cccc(Br)c2)/C1=C(\O)c1ccc2c(c1)OCCO2. The van der Waals surface area contributed by atoms with E-state index in [0.29, 0.717) is 30.3 Å². The molecule has 5 rings (SSSR count). The van der Waals surface area contributed by atoms with Crippen LogP contribution in [0.3, 0.4) is 0 Å². The van der Waals surface area contributed by atoms with Crippen molar-refractivity contribution in [3.8, 4) is 11.5 Å². The zero-order chi connectivity index (χ0) is 22.9. The van der Waals surface area contributed by atoms with Crippen molar-refractivity contribution >= 4 is 33.4 Å². The highest BCUT2D eigenvalue weighted by molar-refractivity contribution is 9.10. The molecule has 3 aromatic rings. The normalized spacial score (nSPS) is 19.1. The van der Waals surface area contributed by atoms with Crippen molar-refractivity contribution in [3.05, 3.63) is 99.5 Å². The van der Waals surface area contributed by atoms with Gasteiger partial charge in [-0.3, -0.25) is 9.59 Å². The molecule has 1 atom stereocenters. The number of aliphatic hydroxyl groups excluding tert-OH is 1. The van der Waals surface area contributed by atoms with E-state index < -0.39 is 17.7 Å². The Kier molecular flexibility index (Phi) is 5.64. The highest BCUT2D eigenvalue weighted by Gasteiger charge is 2.46. The van der Waals surface area contributed by atoms with Gasteiger partial charge >= 0.3 is 0 Å². The summed E-state index contributed by atoms with van der Waals surface area (Å²) in [7, 11) is 0. The third-order valence-corrected chi connectivity index (χ3v) is 6.21. The van der Waals surface area contributed by atoms with Crippen LogP contribution in [0.25, 0.3) is 5.76 Å². The van der Waals surface area contributed by atoms with Crippen molar-refractivity contribution in [1.82, 2.24) is 4.90 Å². The standard InChI is InChI=1S/C26H20BrNO5/c27-19-8-4-7-17(13-19)23-22(24(29)18-9-10-20-21(14-18)33-12-11-32-20)25(30)26(31)28(23)15-16-5-2-1-3-6-16/h1-10,13-14,23,29H,11-12,15H2/b24-22+. The Morgan fingerprint density at radius 2 is 1.70 bits per heavy atom. The number of hydrogen-bond donors (Lipinski definition) is 1. The largest absolute Gasteiger partial charge is 0.507 e. The van der Waals surface area contributed by atoms with Gasteiger partial charge in [0.15, 0.2) is 11.5 Å². The van der Waals surface area contributed by atoms with Crippen molar-refractivity contribution < 1.29 is 24.2 Å². The third-order valence-electron chi connectivity index (χ3n) is 5.72. The second-order valence-corrected chi connectivity index (χ2v) is 8.74. The summed E-state index contributed by atoms with van der Waals surface area (Å²) in [5.74, 6) is -0.550. The lowest BCUT2D eigenvalue weighted by molar-refractivity contribution is -0.140. The smallest absolute Gasteiger partial charge is 0.295 e. The number of fused-ring (bicyclic) bond motifs is 1. The summed E-state index contributed by atoms with van der Waals surface area (Å²) < 4.78 is 12.0. The van der Waals surface area contributed by atoms with Gasteiger partial charge in [-0.1, -0.05) is 58.4 Å². The molecule has 1 N–H and O–H groups in total. The van der Waals surface area contributed by atoms with Crippen molar-refractivity contribution in [2.45, 2.75) is 12.6 Å². The molecule has 2 heterocycles. The molecule has 2 aliphatic rings. The molecule has 166 valence electrons. The molecule has 0 bridgehead atoms. The van der Waals surface area contributed by atoms with Crippen molar-refractivity contribution in [2.24, 2.45) is 0 Å². The number of benzene rings is 3. The number of likely N-dealkylation sites (tertiary alicyclic amines) is 1. The lowest BCUT2D eigenvalue weighted by Crippen LogP contribution is -2.29. The first kappa shape index (κ1) is 21.3. The van der Waals surface area contributed by atoms with Gasteiger partial charge in [0.1, 0.15) is 19.0 Å². The maximum absolute atomic E-state index is 13.2. The van der Waals surface area contributed by atoms with E-state index in [9.17, 15) is 14.7 Å². The first-order valence-corrected chi connectivity index (χ1v) is 11.3. The van der Waals surface area contributed by atoms with Crippen LogP contribution in [-0.2, 0) is 16.1 Å². The Labute approximate surface area is 199 Å². The molecule has 0 saturated carbocycles. The fourth-order valence-corrected chi connectivity index (χ4v) is 4.61. The van der Waals surface area contributed by atoms with Crippen molar-refractivity contribution in [3.63, 3.8) is 0 Å². The maximum Gasteiger partial charge on any atom is 0.295 e. The van der Waals surface area contributed by atoms with Gasteiger partial charge in [-0.05, 0) is 41.5 Å². The van der Waals surface area contributed by atoms with Gasteiger partial charge in [-0.25, -0.2) is 0 Å². The molecular weight excluding hydrogens is 486 g/mol. The van der Waals surface area contributed by atoms with Gasteiger partial charge in [0.2, 0.25) is 0 Å². The molecule has 7 heteroatoms. The Balaban J connectivity index is 1.64. The van der Waals surface area contributed by atoms with Crippen molar-refractivity contribution in [2.75, 3.05) is 13.2 Å². The molecule has 1 fully saturated rings. The molecule has 0 aliphatic carbocycles. The summed E-state index contributed by atoms with van der Waals surface area (Å²) in [5, 5.41) is 11.3. The number of amides is 1. The predicted molar refractivity (Wildman–Crippen MR) is 126 cm³/mol. The summed E-state index contributed by atoms with van der Waals surface area (Å²) in [6, 6.07) is 21.1. The number of Topliss-reactive ketones (excluding diaryl/α,β-unsaturated/α-hetero) is 1. The first-order valence-electron chi connectivity index (χ1n) is 10.5. The highest BCUT2D eigenvalue weighted by Crippen LogP contribution is 2.42. The van der Waals surface area contributed by atoms with Gasteiger partial charge in [-0.15, -0.1) is 0 Å². The number of aliphatic hydroxyl groups is 1. The Morgan fingerprint density at radius 1 is 0.939 bits per heavy atom. The van der Waals surface area contributed by atoms with Crippen LogP contribution in [0.15, 0.2) is 82.8 Å². The third kappa shape index (κ3) is 4.00. The topological polar surface area (TPSA) is 76.1 Å². The molecule has 0 aromatic heterocycles. The summed E-state index contributed by atoms with van der Waals surface area (Å²) in [6.07, 6.45) is 0. The predicted octanol–water partition coefficient (Wildman–Crippen LogP) is 4.84. The monoisotopic (exact) mass is 505 g/mol. The van der Waals surface area contributed by atoms with Crippen LogP contribution in [0, 0.1) is 0 Å². The number of carbonyl (C=O) groups excluding carboxylic acids is 2. The minimum atomic E-state index is -0.740. The molecule has 1 saturated heterocycles. The van der Waals surface area contributed by atoms with Gasteiger partial charge in [0.25, 0.3) is 11.7 Å². The molecule has 33 heavy (non-hydrogen) atoms. The number of carbonyl (C=O) groups is 2. The molecule has 0 radical (unpaired) electrons. The van der Waals surface area contributed by atoms with Crippen LogP contribution in [0.5, 0.6) is 11.5 Å². The summed E-state index contributed by atoms with van der Waals surface area (Å²) in [6.45, 7) is 1.09. The van der Waals surface area contributed by atoms with E-state index in [4.69, 9.17) is 9.47 Å². The Hall–Kier alpha value is -3.58. The Bertz CT molecular complexity index is 1270. The van der Waals surface area contributed by atoms with Crippen molar-refractivity contribution in [1.29, 1.82) is 0 Å². The van der Waals surface area contributed by atoms with Crippen LogP contribution in [0.1, 0.15) is 22.7 Å². The molecule has 0 spiro atoms. The van der Waals surface area contributed by atoms with Crippen LogP contribution >= 0.6 is 15.9 Å². The van der Waals surface area contributed by atoms with E-state index in [0.717, 1.165) is 15.6 Å². The molecule has 1 unspecified atom stereocenters. The first-order chi connectivity index (χ1) is 16.0. The molecular formula is C26H20BrNO5. The number of ether oxygens (including phenoxy) is 2. The average Bonchev–Trinajstić information content (AvgIpc) is 3.09. The fraction of sp³-hybridized carbons (Fsp3) is 0.154. The van der Waals surface area contributed by atoms with Crippen LogP contribution in [-0.4, -0.2) is 34.9 Å². The second kappa shape index (κ2) is 8.75. The fourth-order valence-electron chi connectivity index (χ4n) is 4.19. The summed E-state index contributed by atoms with van der Waals surface area (Å²) in [4.78, 5) is 27.8. The van der Waals surface area contributed by atoms with E-state index in [2.05, 4.69) is 15.9 Å². The van der Waals surface area contributed by atoms with Crippen LogP contribution < -0.4 is 9.47 Å². The molecule has 3 aromatic carbocycles. The number of nitrogens with zero attached hydrogens (tertiary/aromatic N) is 1. The highest BCUT2D eigenvalue weighted by atomic mass is 79.9. The van der Waals surface area contributed by atoms with E-state index in [1.165, 1.54) is 4.90 Å². The van der Waals surface area contributed by atoms with E-state index in [1.54, 1.807) is 18.2 Å². The van der Waals surface area contributed by atoms with Gasteiger partial charge < -0.3 is 19.5 Å². The van der Waals surface area contributed by atoms with Crippen LogP contribution in [0.4, 0.5) is 0 Å². The van der Waals surface area contributed by atoms with Crippen LogP contribution in [0.2, 0.25) is 0 Å². The number of hydrogen-bond acceptors (Lipinski definition) is 5. The zero-order valence-corrected chi connectivity index (χ0v) is 19.1. The minimum Gasteiger partial charge on any atom is -0.507 e. The minimum absolute atomic E-state index is 0.0470. The average molecular weight is 506 g/mol. The molecule has 2 aliphatic heterocycles. The van der Waals surface area contributed by atoms with Gasteiger partial charge in [0, 0.05) is 16.6 Å². The summed E-state index contributed by atoms with van der Waals surface area (Å²) >= 11 is 3.47. The molecule has 1 amide bonds. The quantitative estimate of drug-likeness (QED) is 0.311. The van der Waals surface area contributed by atoms with Gasteiger partial charge in [0.05, 0.1) is 11.6 Å².